The molecule has 1 saturated heterocycles. The zero-order valence-corrected chi connectivity index (χ0v) is 19.3. The van der Waals surface area contributed by atoms with Crippen molar-refractivity contribution >= 4 is 27.8 Å². The highest BCUT2D eigenvalue weighted by molar-refractivity contribution is 5.83. The number of carbonyl (C=O) groups excluding carboxylic acids is 1. The van der Waals surface area contributed by atoms with E-state index in [1.54, 1.807) is 4.68 Å². The molecular formula is C27H26N6O2. The molecule has 0 radical (unpaired) electrons. The van der Waals surface area contributed by atoms with Crippen molar-refractivity contribution in [1.82, 2.24) is 29.6 Å². The van der Waals surface area contributed by atoms with Gasteiger partial charge in [-0.2, -0.15) is 5.10 Å². The second-order valence-electron chi connectivity index (χ2n) is 9.09. The number of amides is 1. The van der Waals surface area contributed by atoms with E-state index in [1.165, 1.54) is 17.1 Å². The number of fused-ring (bicyclic) bond motifs is 2. The van der Waals surface area contributed by atoms with E-state index in [9.17, 15) is 9.59 Å². The Morgan fingerprint density at radius 2 is 1.77 bits per heavy atom. The minimum atomic E-state index is -0.237. The molecule has 8 nitrogen and oxygen atoms in total. The van der Waals surface area contributed by atoms with Crippen LogP contribution in [0.1, 0.15) is 36.6 Å². The molecule has 35 heavy (non-hydrogen) atoms. The number of rotatable bonds is 5. The van der Waals surface area contributed by atoms with Gasteiger partial charge in [0.15, 0.2) is 5.65 Å². The van der Waals surface area contributed by atoms with Crippen molar-refractivity contribution in [2.45, 2.75) is 31.6 Å². The van der Waals surface area contributed by atoms with E-state index in [0.29, 0.717) is 35.6 Å². The Kier molecular flexibility index (Phi) is 5.41. The number of H-pyrrole nitrogens is 2. The van der Waals surface area contributed by atoms with Gasteiger partial charge in [0.05, 0.1) is 11.9 Å². The first-order valence-corrected chi connectivity index (χ1v) is 12.0. The number of nitrogens with zero attached hydrogens (tertiary/aromatic N) is 4. The molecule has 2 N–H and O–H groups in total. The van der Waals surface area contributed by atoms with E-state index in [2.05, 4.69) is 44.4 Å². The lowest BCUT2D eigenvalue weighted by Gasteiger charge is -2.32. The fraction of sp³-hybridized carbons (Fsp3) is 0.259. The van der Waals surface area contributed by atoms with E-state index < -0.39 is 0 Å². The summed E-state index contributed by atoms with van der Waals surface area (Å²) in [6.07, 6.45) is 6.24. The molecule has 0 spiro atoms. The zero-order valence-electron chi connectivity index (χ0n) is 19.3. The number of aromatic amines is 2. The molecule has 6 rings (SSSR count). The largest absolute Gasteiger partial charge is 0.361 e. The Labute approximate surface area is 201 Å². The third-order valence-electron chi connectivity index (χ3n) is 6.97. The zero-order chi connectivity index (χ0) is 23.8. The molecule has 2 aromatic carbocycles. The van der Waals surface area contributed by atoms with Gasteiger partial charge in [-0.05, 0) is 42.5 Å². The fourth-order valence-corrected chi connectivity index (χ4v) is 5.10. The van der Waals surface area contributed by atoms with Crippen molar-refractivity contribution in [2.75, 3.05) is 13.1 Å². The maximum atomic E-state index is 12.9. The van der Waals surface area contributed by atoms with Crippen LogP contribution in [0.4, 0.5) is 0 Å². The maximum absolute atomic E-state index is 12.9. The number of piperidine rings is 1. The van der Waals surface area contributed by atoms with E-state index in [1.807, 2.05) is 41.3 Å². The lowest BCUT2D eigenvalue weighted by Crippen LogP contribution is -2.38. The van der Waals surface area contributed by atoms with Gasteiger partial charge in [0.2, 0.25) is 5.91 Å². The number of para-hydroxylation sites is 2. The van der Waals surface area contributed by atoms with Crippen LogP contribution < -0.4 is 5.56 Å². The smallest absolute Gasteiger partial charge is 0.262 e. The molecule has 0 atom stereocenters. The summed E-state index contributed by atoms with van der Waals surface area (Å²) < 4.78 is 1.66. The first kappa shape index (κ1) is 21.3. The van der Waals surface area contributed by atoms with Crippen LogP contribution in [0.5, 0.6) is 0 Å². The fourth-order valence-electron chi connectivity index (χ4n) is 5.10. The van der Waals surface area contributed by atoms with Crippen molar-refractivity contribution in [1.29, 1.82) is 0 Å². The SMILES string of the molecule is O=C(CCc1nc2c(cnn2-c2ccccc2)c(=O)[nH]1)N1CCC(c2c[nH]c3ccccc23)CC1. The highest BCUT2D eigenvalue weighted by Crippen LogP contribution is 2.33. The van der Waals surface area contributed by atoms with E-state index in [0.717, 1.165) is 37.1 Å². The van der Waals surface area contributed by atoms with Gasteiger partial charge < -0.3 is 14.9 Å². The Morgan fingerprint density at radius 1 is 1.00 bits per heavy atom. The highest BCUT2D eigenvalue weighted by Gasteiger charge is 2.25. The minimum Gasteiger partial charge on any atom is -0.361 e. The number of nitrogens with one attached hydrogen (secondary N) is 2. The average molecular weight is 467 g/mol. The molecule has 3 aromatic heterocycles. The molecule has 1 aliphatic rings. The van der Waals surface area contributed by atoms with Crippen molar-refractivity contribution in [2.24, 2.45) is 0 Å². The van der Waals surface area contributed by atoms with Crippen molar-refractivity contribution in [3.05, 3.63) is 88.7 Å². The summed E-state index contributed by atoms with van der Waals surface area (Å²) in [5.74, 6) is 1.05. The number of hydrogen-bond donors (Lipinski definition) is 2. The summed E-state index contributed by atoms with van der Waals surface area (Å²) in [4.78, 5) is 38.3. The maximum Gasteiger partial charge on any atom is 0.262 e. The summed E-state index contributed by atoms with van der Waals surface area (Å²) in [6, 6.07) is 18.0. The van der Waals surface area contributed by atoms with Crippen LogP contribution in [0.25, 0.3) is 27.6 Å². The first-order valence-electron chi connectivity index (χ1n) is 12.0. The third kappa shape index (κ3) is 4.01. The number of carbonyl (C=O) groups is 1. The lowest BCUT2D eigenvalue weighted by molar-refractivity contribution is -0.132. The van der Waals surface area contributed by atoms with E-state index >= 15 is 0 Å². The van der Waals surface area contributed by atoms with Crippen LogP contribution >= 0.6 is 0 Å². The average Bonchev–Trinajstić information content (AvgIpc) is 3.53. The Balaban J connectivity index is 1.12. The predicted molar refractivity (Wildman–Crippen MR) is 135 cm³/mol. The molecule has 0 unspecified atom stereocenters. The van der Waals surface area contributed by atoms with Crippen molar-refractivity contribution in [3.63, 3.8) is 0 Å². The number of aryl methyl sites for hydroxylation is 1. The van der Waals surface area contributed by atoms with Gasteiger partial charge >= 0.3 is 0 Å². The Hall–Kier alpha value is -4.20. The van der Waals surface area contributed by atoms with Crippen LogP contribution in [0.2, 0.25) is 0 Å². The predicted octanol–water partition coefficient (Wildman–Crippen LogP) is 3.93. The van der Waals surface area contributed by atoms with Crippen LogP contribution in [-0.2, 0) is 11.2 Å². The van der Waals surface area contributed by atoms with Crippen LogP contribution in [0, 0.1) is 0 Å². The van der Waals surface area contributed by atoms with Crippen LogP contribution in [0.15, 0.2) is 71.8 Å². The first-order chi connectivity index (χ1) is 17.2. The molecule has 176 valence electrons. The van der Waals surface area contributed by atoms with Gasteiger partial charge in [0.25, 0.3) is 5.56 Å². The number of benzene rings is 2. The molecule has 0 bridgehead atoms. The lowest BCUT2D eigenvalue weighted by atomic mass is 9.89. The van der Waals surface area contributed by atoms with E-state index in [-0.39, 0.29) is 11.5 Å². The van der Waals surface area contributed by atoms with Crippen LogP contribution in [-0.4, -0.2) is 48.6 Å². The standard InChI is InChI=1S/C27H26N6O2/c34-25(32-14-12-18(13-15-32)21-16-28-23-9-5-4-8-20(21)23)11-10-24-30-26-22(27(35)31-24)17-29-33(26)19-6-2-1-3-7-19/h1-9,16-18,28H,10-15H2,(H,30,31,35). The summed E-state index contributed by atoms with van der Waals surface area (Å²) in [6.45, 7) is 1.49. The quantitative estimate of drug-likeness (QED) is 0.410. The second-order valence-corrected chi connectivity index (χ2v) is 9.09. The molecule has 1 fully saturated rings. The third-order valence-corrected chi connectivity index (χ3v) is 6.97. The highest BCUT2D eigenvalue weighted by atomic mass is 16.2. The van der Waals surface area contributed by atoms with Gasteiger partial charge in [-0.15, -0.1) is 0 Å². The molecular weight excluding hydrogens is 440 g/mol. The Bertz CT molecular complexity index is 1560. The van der Waals surface area contributed by atoms with Crippen molar-refractivity contribution < 1.29 is 4.79 Å². The summed E-state index contributed by atoms with van der Waals surface area (Å²) in [5.41, 5.74) is 3.60. The minimum absolute atomic E-state index is 0.0988. The van der Waals surface area contributed by atoms with Crippen molar-refractivity contribution in [3.8, 4) is 5.69 Å². The molecule has 1 amide bonds. The van der Waals surface area contributed by atoms with Gasteiger partial charge in [-0.1, -0.05) is 36.4 Å². The number of likely N-dealkylation sites (tertiary alicyclic amines) is 1. The molecule has 5 aromatic rings. The molecule has 1 aliphatic heterocycles. The summed E-state index contributed by atoms with van der Waals surface area (Å²) in [7, 11) is 0. The summed E-state index contributed by atoms with van der Waals surface area (Å²) >= 11 is 0. The Morgan fingerprint density at radius 3 is 2.60 bits per heavy atom. The van der Waals surface area contributed by atoms with Gasteiger partial charge in [-0.3, -0.25) is 9.59 Å². The van der Waals surface area contributed by atoms with Gasteiger partial charge in [-0.25, -0.2) is 9.67 Å². The molecule has 0 saturated carbocycles. The molecule has 0 aliphatic carbocycles. The van der Waals surface area contributed by atoms with Gasteiger partial charge in [0, 0.05) is 43.0 Å². The monoisotopic (exact) mass is 466 g/mol. The topological polar surface area (TPSA) is 99.7 Å². The second kappa shape index (κ2) is 8.87. The number of hydrogen-bond acceptors (Lipinski definition) is 4. The summed E-state index contributed by atoms with van der Waals surface area (Å²) in [5, 5.41) is 6.05. The number of aromatic nitrogens is 5. The normalized spacial score (nSPS) is 14.7. The van der Waals surface area contributed by atoms with E-state index in [4.69, 9.17) is 0 Å². The molecule has 4 heterocycles. The molecule has 8 heteroatoms. The van der Waals surface area contributed by atoms with Gasteiger partial charge in [0.1, 0.15) is 11.2 Å². The van der Waals surface area contributed by atoms with Crippen LogP contribution in [0.3, 0.4) is 0 Å².